The lowest BCUT2D eigenvalue weighted by atomic mass is 10.0. The molecule has 1 atom stereocenters. The summed E-state index contributed by atoms with van der Waals surface area (Å²) >= 11 is 0. The lowest BCUT2D eigenvalue weighted by Crippen LogP contribution is -2.04. The van der Waals surface area contributed by atoms with Gasteiger partial charge in [-0.25, -0.2) is 4.18 Å². The molecule has 98 valence electrons. The van der Waals surface area contributed by atoms with E-state index in [9.17, 15) is 8.42 Å². The van der Waals surface area contributed by atoms with Gasteiger partial charge in [-0.2, -0.15) is 8.42 Å². The van der Waals surface area contributed by atoms with Gasteiger partial charge in [0.15, 0.2) is 0 Å². The van der Waals surface area contributed by atoms with Crippen molar-refractivity contribution in [3.05, 3.63) is 0 Å². The lowest BCUT2D eigenvalue weighted by Gasteiger charge is -2.07. The topological polar surface area (TPSA) is 63.6 Å². The Bertz CT molecular complexity index is 249. The fourth-order valence-corrected chi connectivity index (χ4v) is 1.82. The van der Waals surface area contributed by atoms with E-state index in [1.807, 2.05) is 0 Å². The van der Waals surface area contributed by atoms with Crippen LogP contribution in [0.2, 0.25) is 0 Å². The molecule has 0 spiro atoms. The highest BCUT2D eigenvalue weighted by Crippen LogP contribution is 2.13. The van der Waals surface area contributed by atoms with Gasteiger partial charge in [-0.3, -0.25) is 4.55 Å². The molecule has 0 bridgehead atoms. The zero-order valence-electron chi connectivity index (χ0n) is 10.3. The quantitative estimate of drug-likeness (QED) is 0.479. The summed E-state index contributed by atoms with van der Waals surface area (Å²) in [6, 6.07) is 0. The highest BCUT2D eigenvalue weighted by atomic mass is 32.3. The number of hydrogen-bond donors (Lipinski definition) is 1. The summed E-state index contributed by atoms with van der Waals surface area (Å²) in [5.41, 5.74) is 0. The van der Waals surface area contributed by atoms with Gasteiger partial charge in [-0.1, -0.05) is 52.4 Å². The summed E-state index contributed by atoms with van der Waals surface area (Å²) in [6.45, 7) is 4.56. The normalized spacial score (nSPS) is 13.9. The highest BCUT2D eigenvalue weighted by Gasteiger charge is 2.03. The number of hydrogen-bond acceptors (Lipinski definition) is 3. The summed E-state index contributed by atoms with van der Waals surface area (Å²) < 4.78 is 32.9. The molecule has 0 aliphatic rings. The Kier molecular flexibility index (Phi) is 8.89. The SMILES string of the molecule is CCC(C)CCCCCCCOS(=O)(=O)O. The predicted octanol–water partition coefficient (Wildman–Crippen LogP) is 3.19. The molecule has 0 radical (unpaired) electrons. The highest BCUT2D eigenvalue weighted by molar-refractivity contribution is 7.80. The average molecular weight is 252 g/mol. The van der Waals surface area contributed by atoms with Gasteiger partial charge in [0.1, 0.15) is 0 Å². The molecule has 16 heavy (non-hydrogen) atoms. The molecule has 0 amide bonds. The second-order valence-corrected chi connectivity index (χ2v) is 5.41. The Morgan fingerprint density at radius 1 is 1.12 bits per heavy atom. The fourth-order valence-electron chi connectivity index (χ4n) is 1.49. The van der Waals surface area contributed by atoms with E-state index in [1.165, 1.54) is 25.7 Å². The molecule has 5 heteroatoms. The molecule has 0 aromatic rings. The molecule has 1 N–H and O–H groups in total. The second-order valence-electron chi connectivity index (χ2n) is 4.32. The molecule has 0 aromatic heterocycles. The monoisotopic (exact) mass is 252 g/mol. The summed E-state index contributed by atoms with van der Waals surface area (Å²) in [5.74, 6) is 0.808. The Balaban J connectivity index is 3.16. The van der Waals surface area contributed by atoms with Crippen LogP contribution in [-0.4, -0.2) is 19.6 Å². The van der Waals surface area contributed by atoms with Crippen LogP contribution in [0.25, 0.3) is 0 Å². The van der Waals surface area contributed by atoms with Gasteiger partial charge >= 0.3 is 10.4 Å². The van der Waals surface area contributed by atoms with E-state index in [2.05, 4.69) is 18.0 Å². The Labute approximate surface area is 99.3 Å². The standard InChI is InChI=1S/C11H24O4S/c1-3-11(2)9-7-5-4-6-8-10-15-16(12,13)14/h11H,3-10H2,1-2H3,(H,12,13,14). The van der Waals surface area contributed by atoms with Crippen molar-refractivity contribution in [1.29, 1.82) is 0 Å². The minimum absolute atomic E-state index is 0.0875. The van der Waals surface area contributed by atoms with Gasteiger partial charge in [-0.15, -0.1) is 0 Å². The van der Waals surface area contributed by atoms with E-state index >= 15 is 0 Å². The zero-order chi connectivity index (χ0) is 12.4. The van der Waals surface area contributed by atoms with Gasteiger partial charge < -0.3 is 0 Å². The second kappa shape index (κ2) is 8.96. The van der Waals surface area contributed by atoms with Crippen LogP contribution in [0, 0.1) is 5.92 Å². The Hall–Kier alpha value is -0.130. The van der Waals surface area contributed by atoms with E-state index in [0.717, 1.165) is 18.8 Å². The van der Waals surface area contributed by atoms with Crippen LogP contribution in [0.5, 0.6) is 0 Å². The van der Waals surface area contributed by atoms with Crippen LogP contribution in [0.15, 0.2) is 0 Å². The molecule has 0 aliphatic heterocycles. The first-order valence-electron chi connectivity index (χ1n) is 6.07. The van der Waals surface area contributed by atoms with Crippen LogP contribution in [0.4, 0.5) is 0 Å². The van der Waals surface area contributed by atoms with E-state index < -0.39 is 10.4 Å². The predicted molar refractivity (Wildman–Crippen MR) is 64.7 cm³/mol. The summed E-state index contributed by atoms with van der Waals surface area (Å²) in [6.07, 6.45) is 7.69. The van der Waals surface area contributed by atoms with Crippen molar-refractivity contribution in [2.75, 3.05) is 6.61 Å². The van der Waals surface area contributed by atoms with Crippen LogP contribution in [0.3, 0.4) is 0 Å². The van der Waals surface area contributed by atoms with E-state index in [1.54, 1.807) is 0 Å². The summed E-state index contributed by atoms with van der Waals surface area (Å²) in [5, 5.41) is 0. The maximum atomic E-state index is 10.2. The van der Waals surface area contributed by atoms with Gasteiger partial charge in [0, 0.05) is 0 Å². The van der Waals surface area contributed by atoms with Crippen LogP contribution >= 0.6 is 0 Å². The molecular formula is C11H24O4S. The third-order valence-electron chi connectivity index (χ3n) is 2.77. The summed E-state index contributed by atoms with van der Waals surface area (Å²) in [7, 11) is -4.24. The molecule has 0 heterocycles. The summed E-state index contributed by atoms with van der Waals surface area (Å²) in [4.78, 5) is 0. The van der Waals surface area contributed by atoms with Crippen LogP contribution < -0.4 is 0 Å². The zero-order valence-corrected chi connectivity index (χ0v) is 11.1. The smallest absolute Gasteiger partial charge is 0.264 e. The third kappa shape index (κ3) is 11.9. The Morgan fingerprint density at radius 2 is 1.69 bits per heavy atom. The maximum Gasteiger partial charge on any atom is 0.397 e. The minimum atomic E-state index is -4.24. The maximum absolute atomic E-state index is 10.2. The lowest BCUT2D eigenvalue weighted by molar-refractivity contribution is 0.261. The molecular weight excluding hydrogens is 228 g/mol. The van der Waals surface area contributed by atoms with Crippen molar-refractivity contribution in [2.45, 2.75) is 58.8 Å². The van der Waals surface area contributed by atoms with Gasteiger partial charge in [0.05, 0.1) is 6.61 Å². The molecule has 0 saturated heterocycles. The third-order valence-corrected chi connectivity index (χ3v) is 3.23. The first-order chi connectivity index (χ1) is 7.45. The molecule has 0 saturated carbocycles. The van der Waals surface area contributed by atoms with Crippen molar-refractivity contribution < 1.29 is 17.2 Å². The van der Waals surface area contributed by atoms with E-state index in [0.29, 0.717) is 6.42 Å². The first kappa shape index (κ1) is 15.9. The van der Waals surface area contributed by atoms with Crippen molar-refractivity contribution in [1.82, 2.24) is 0 Å². The Morgan fingerprint density at radius 3 is 2.25 bits per heavy atom. The fraction of sp³-hybridized carbons (Fsp3) is 1.00. The van der Waals surface area contributed by atoms with Crippen molar-refractivity contribution in [2.24, 2.45) is 5.92 Å². The average Bonchev–Trinajstić information content (AvgIpc) is 2.20. The number of unbranched alkanes of at least 4 members (excludes halogenated alkanes) is 4. The first-order valence-corrected chi connectivity index (χ1v) is 7.44. The van der Waals surface area contributed by atoms with Crippen molar-refractivity contribution in [3.63, 3.8) is 0 Å². The van der Waals surface area contributed by atoms with Crippen LogP contribution in [-0.2, 0) is 14.6 Å². The molecule has 0 rings (SSSR count). The molecule has 0 aromatic carbocycles. The van der Waals surface area contributed by atoms with Gasteiger partial charge in [0.25, 0.3) is 0 Å². The molecule has 1 unspecified atom stereocenters. The number of rotatable bonds is 10. The van der Waals surface area contributed by atoms with Gasteiger partial charge in [0.2, 0.25) is 0 Å². The van der Waals surface area contributed by atoms with Crippen LogP contribution in [0.1, 0.15) is 58.8 Å². The van der Waals surface area contributed by atoms with Gasteiger partial charge in [-0.05, 0) is 12.3 Å². The minimum Gasteiger partial charge on any atom is -0.264 e. The largest absolute Gasteiger partial charge is 0.397 e. The van der Waals surface area contributed by atoms with E-state index in [-0.39, 0.29) is 6.61 Å². The van der Waals surface area contributed by atoms with Crippen molar-refractivity contribution in [3.8, 4) is 0 Å². The van der Waals surface area contributed by atoms with Crippen molar-refractivity contribution >= 4 is 10.4 Å². The van der Waals surface area contributed by atoms with E-state index in [4.69, 9.17) is 4.55 Å². The molecule has 4 nitrogen and oxygen atoms in total. The molecule has 0 fully saturated rings. The molecule has 0 aliphatic carbocycles.